The molecule has 5 nitrogen and oxygen atoms in total. The first-order valence-corrected chi connectivity index (χ1v) is 10.4. The van der Waals surface area contributed by atoms with Crippen molar-refractivity contribution in [3.63, 3.8) is 0 Å². The molecule has 6 heteroatoms. The van der Waals surface area contributed by atoms with Crippen LogP contribution in [0.2, 0.25) is 0 Å². The van der Waals surface area contributed by atoms with E-state index in [1.54, 1.807) is 6.33 Å². The van der Waals surface area contributed by atoms with Gasteiger partial charge in [0.25, 0.3) is 0 Å². The number of hydrogen-bond acceptors (Lipinski definition) is 4. The highest BCUT2D eigenvalue weighted by Gasteiger charge is 2.21. The van der Waals surface area contributed by atoms with Crippen LogP contribution in [0.3, 0.4) is 0 Å². The Morgan fingerprint density at radius 3 is 2.57 bits per heavy atom. The van der Waals surface area contributed by atoms with E-state index in [0.29, 0.717) is 12.3 Å². The summed E-state index contributed by atoms with van der Waals surface area (Å²) in [4.78, 5) is 12.4. The number of nitrogens with one attached hydrogen (secondary N) is 1. The van der Waals surface area contributed by atoms with Gasteiger partial charge in [0.15, 0.2) is 5.16 Å². The Hall–Kier alpha value is -2.60. The van der Waals surface area contributed by atoms with Crippen LogP contribution in [0.5, 0.6) is 0 Å². The molecule has 0 unspecified atom stereocenters. The van der Waals surface area contributed by atoms with Crippen molar-refractivity contribution < 1.29 is 4.79 Å². The number of nitrogens with zero attached hydrogens (tertiary/aromatic N) is 3. The number of carbonyl (C=O) groups excluding carboxylic acids is 1. The van der Waals surface area contributed by atoms with Gasteiger partial charge in [0.1, 0.15) is 6.33 Å². The molecule has 0 aliphatic carbocycles. The van der Waals surface area contributed by atoms with Gasteiger partial charge in [-0.05, 0) is 23.6 Å². The summed E-state index contributed by atoms with van der Waals surface area (Å²) in [5.41, 5.74) is 3.36. The molecule has 0 spiro atoms. The summed E-state index contributed by atoms with van der Waals surface area (Å²) in [5, 5.41) is 12.0. The smallest absolute Gasteiger partial charge is 0.230 e. The van der Waals surface area contributed by atoms with Crippen molar-refractivity contribution in [1.29, 1.82) is 0 Å². The zero-order valence-electron chi connectivity index (χ0n) is 16.6. The van der Waals surface area contributed by atoms with Gasteiger partial charge in [0, 0.05) is 12.0 Å². The Labute approximate surface area is 170 Å². The molecule has 28 heavy (non-hydrogen) atoms. The van der Waals surface area contributed by atoms with E-state index in [2.05, 4.69) is 60.6 Å². The number of para-hydroxylation sites is 1. The van der Waals surface area contributed by atoms with Crippen molar-refractivity contribution in [2.45, 2.75) is 37.8 Å². The average molecular weight is 395 g/mol. The number of hydrogen-bond donors (Lipinski definition) is 1. The largest absolute Gasteiger partial charge is 0.355 e. The van der Waals surface area contributed by atoms with Crippen LogP contribution in [-0.2, 0) is 16.6 Å². The fourth-order valence-corrected chi connectivity index (χ4v) is 3.78. The van der Waals surface area contributed by atoms with E-state index in [1.165, 1.54) is 22.9 Å². The molecule has 146 valence electrons. The van der Waals surface area contributed by atoms with Gasteiger partial charge in [-0.2, -0.15) is 0 Å². The molecule has 0 aliphatic rings. The van der Waals surface area contributed by atoms with Gasteiger partial charge in [-0.1, -0.05) is 81.1 Å². The Morgan fingerprint density at radius 2 is 1.82 bits per heavy atom. The Bertz CT molecular complexity index is 921. The molecule has 0 saturated carbocycles. The lowest BCUT2D eigenvalue weighted by Gasteiger charge is -2.25. The maximum absolute atomic E-state index is 12.4. The first-order valence-electron chi connectivity index (χ1n) is 9.44. The molecule has 0 saturated heterocycles. The highest BCUT2D eigenvalue weighted by atomic mass is 32.2. The van der Waals surface area contributed by atoms with Gasteiger partial charge in [-0.15, -0.1) is 10.2 Å². The summed E-state index contributed by atoms with van der Waals surface area (Å²) >= 11 is 1.40. The van der Waals surface area contributed by atoms with Crippen molar-refractivity contribution in [1.82, 2.24) is 20.1 Å². The van der Waals surface area contributed by atoms with Crippen molar-refractivity contribution in [3.05, 3.63) is 72.1 Å². The summed E-state index contributed by atoms with van der Waals surface area (Å²) in [6.45, 7) is 6.97. The Kier molecular flexibility index (Phi) is 6.52. The molecular weight excluding hydrogens is 368 g/mol. The van der Waals surface area contributed by atoms with E-state index in [1.807, 2.05) is 34.9 Å². The second kappa shape index (κ2) is 9.06. The molecule has 0 fully saturated rings. The number of aromatic nitrogens is 3. The van der Waals surface area contributed by atoms with E-state index >= 15 is 0 Å². The van der Waals surface area contributed by atoms with Gasteiger partial charge in [-0.25, -0.2) is 0 Å². The fraction of sp³-hybridized carbons (Fsp3) is 0.318. The molecular formula is C22H26N4OS. The molecule has 1 heterocycles. The van der Waals surface area contributed by atoms with Gasteiger partial charge < -0.3 is 5.32 Å². The zero-order valence-corrected chi connectivity index (χ0v) is 17.4. The van der Waals surface area contributed by atoms with Crippen molar-refractivity contribution in [2.75, 3.05) is 12.3 Å². The first kappa shape index (κ1) is 20.1. The van der Waals surface area contributed by atoms with E-state index in [0.717, 1.165) is 17.3 Å². The molecule has 0 bridgehead atoms. The zero-order chi connectivity index (χ0) is 20.0. The fourth-order valence-electron chi connectivity index (χ4n) is 3.02. The lowest BCUT2D eigenvalue weighted by atomic mass is 9.85. The number of carbonyl (C=O) groups is 1. The Balaban J connectivity index is 1.60. The molecule has 1 aromatic heterocycles. The monoisotopic (exact) mass is 394 g/mol. The van der Waals surface area contributed by atoms with Crippen LogP contribution < -0.4 is 5.32 Å². The molecule has 2 aromatic carbocycles. The average Bonchev–Trinajstić information content (AvgIpc) is 3.20. The predicted molar refractivity (Wildman–Crippen MR) is 114 cm³/mol. The maximum atomic E-state index is 12.4. The van der Waals surface area contributed by atoms with E-state index in [-0.39, 0.29) is 11.3 Å². The number of benzene rings is 2. The number of rotatable bonds is 8. The summed E-state index contributed by atoms with van der Waals surface area (Å²) in [7, 11) is 0. The third-order valence-corrected chi connectivity index (χ3v) is 5.71. The van der Waals surface area contributed by atoms with Crippen molar-refractivity contribution >= 4 is 17.7 Å². The Morgan fingerprint density at radius 1 is 1.11 bits per heavy atom. The minimum atomic E-state index is -0.123. The van der Waals surface area contributed by atoms with Crippen molar-refractivity contribution in [3.8, 4) is 5.69 Å². The van der Waals surface area contributed by atoms with Crippen LogP contribution in [0.4, 0.5) is 0 Å². The second-order valence-corrected chi connectivity index (χ2v) is 8.22. The number of thioether (sulfide) groups is 1. The minimum Gasteiger partial charge on any atom is -0.355 e. The number of amides is 1. The molecule has 0 radical (unpaired) electrons. The molecule has 3 rings (SSSR count). The van der Waals surface area contributed by atoms with Crippen LogP contribution in [-0.4, -0.2) is 33.0 Å². The summed E-state index contributed by atoms with van der Waals surface area (Å²) in [5.74, 6) is 0.296. The standard InChI is InChI=1S/C22H26N4OS/c1-4-17-10-8-9-13-19(17)26-16-24-25-21(26)28-14-20(27)23-15-22(2,3)18-11-6-5-7-12-18/h5-13,16H,4,14-15H2,1-3H3,(H,23,27). The van der Waals surface area contributed by atoms with Gasteiger partial charge in [-0.3, -0.25) is 9.36 Å². The molecule has 1 amide bonds. The topological polar surface area (TPSA) is 59.8 Å². The lowest BCUT2D eigenvalue weighted by Crippen LogP contribution is -2.37. The second-order valence-electron chi connectivity index (χ2n) is 7.28. The third-order valence-electron chi connectivity index (χ3n) is 4.76. The van der Waals surface area contributed by atoms with Crippen LogP contribution in [0.1, 0.15) is 31.9 Å². The predicted octanol–water partition coefficient (Wildman–Crippen LogP) is 4.02. The third kappa shape index (κ3) is 4.81. The minimum absolute atomic E-state index is 0.00710. The van der Waals surface area contributed by atoms with E-state index in [9.17, 15) is 4.79 Å². The lowest BCUT2D eigenvalue weighted by molar-refractivity contribution is -0.118. The van der Waals surface area contributed by atoms with Crippen LogP contribution in [0.15, 0.2) is 66.1 Å². The highest BCUT2D eigenvalue weighted by molar-refractivity contribution is 7.99. The molecule has 0 aliphatic heterocycles. The van der Waals surface area contributed by atoms with Crippen molar-refractivity contribution in [2.24, 2.45) is 0 Å². The van der Waals surface area contributed by atoms with Gasteiger partial charge in [0.2, 0.25) is 5.91 Å². The van der Waals surface area contributed by atoms with Crippen LogP contribution >= 0.6 is 11.8 Å². The first-order chi connectivity index (χ1) is 13.5. The maximum Gasteiger partial charge on any atom is 0.230 e. The summed E-state index contributed by atoms with van der Waals surface area (Å²) in [6, 6.07) is 18.4. The molecule has 1 N–H and O–H groups in total. The highest BCUT2D eigenvalue weighted by Crippen LogP contribution is 2.23. The molecule has 0 atom stereocenters. The summed E-state index contributed by atoms with van der Waals surface area (Å²) < 4.78 is 1.95. The number of aryl methyl sites for hydroxylation is 1. The van der Waals surface area contributed by atoms with Crippen LogP contribution in [0.25, 0.3) is 5.69 Å². The quantitative estimate of drug-likeness (QED) is 0.586. The summed E-state index contributed by atoms with van der Waals surface area (Å²) in [6.07, 6.45) is 2.63. The normalized spacial score (nSPS) is 11.4. The van der Waals surface area contributed by atoms with Gasteiger partial charge in [0.05, 0.1) is 11.4 Å². The SMILES string of the molecule is CCc1ccccc1-n1cnnc1SCC(=O)NCC(C)(C)c1ccccc1. The molecule has 3 aromatic rings. The van der Waals surface area contributed by atoms with Crippen LogP contribution in [0, 0.1) is 0 Å². The van der Waals surface area contributed by atoms with E-state index in [4.69, 9.17) is 0 Å². The van der Waals surface area contributed by atoms with Gasteiger partial charge >= 0.3 is 0 Å². The van der Waals surface area contributed by atoms with E-state index < -0.39 is 0 Å².